The molecule has 7 aliphatic rings. The Morgan fingerprint density at radius 2 is 2.00 bits per heavy atom. The third-order valence-electron chi connectivity index (χ3n) is 12.8. The van der Waals surface area contributed by atoms with Crippen molar-refractivity contribution in [3.63, 3.8) is 0 Å². The molecule has 5 nitrogen and oxygen atoms in total. The molecule has 2 aromatic rings. The fourth-order valence-electron chi connectivity index (χ4n) is 12.4. The molecule has 4 saturated carbocycles. The van der Waals surface area contributed by atoms with E-state index < -0.39 is 0 Å². The molecule has 4 spiro atoms. The number of aromatic hydroxyl groups is 1. The van der Waals surface area contributed by atoms with E-state index >= 15 is 0 Å². The van der Waals surface area contributed by atoms with Crippen LogP contribution in [0.1, 0.15) is 47.2 Å². The van der Waals surface area contributed by atoms with Gasteiger partial charge in [-0.2, -0.15) is 0 Å². The van der Waals surface area contributed by atoms with Crippen molar-refractivity contribution >= 4 is 5.91 Å². The Labute approximate surface area is 225 Å². The Balaban J connectivity index is 1.17. The highest BCUT2D eigenvalue weighted by atomic mass is 16.3. The molecular formula is C33H37N3O2. The molecule has 1 saturated heterocycles. The number of benzene rings is 2. The van der Waals surface area contributed by atoms with Crippen molar-refractivity contribution in [2.24, 2.45) is 28.1 Å². The summed E-state index contributed by atoms with van der Waals surface area (Å²) in [7, 11) is 4.35. The van der Waals surface area contributed by atoms with Crippen molar-refractivity contribution in [2.45, 2.75) is 49.6 Å². The van der Waals surface area contributed by atoms with Gasteiger partial charge in [0.15, 0.2) is 0 Å². The van der Waals surface area contributed by atoms with Crippen molar-refractivity contribution in [2.75, 3.05) is 33.7 Å². The number of nitrogens with zero attached hydrogens (tertiary/aromatic N) is 3. The molecule has 2 heterocycles. The van der Waals surface area contributed by atoms with E-state index in [-0.39, 0.29) is 22.8 Å². The van der Waals surface area contributed by atoms with E-state index in [0.29, 0.717) is 34.5 Å². The van der Waals surface area contributed by atoms with Crippen LogP contribution in [0.2, 0.25) is 0 Å². The van der Waals surface area contributed by atoms with Crippen molar-refractivity contribution in [1.29, 1.82) is 0 Å². The van der Waals surface area contributed by atoms with Gasteiger partial charge >= 0.3 is 0 Å². The minimum absolute atomic E-state index is 0.107. The second-order valence-electron chi connectivity index (χ2n) is 13.8. The van der Waals surface area contributed by atoms with Gasteiger partial charge in [-0.3, -0.25) is 9.69 Å². The first-order valence-corrected chi connectivity index (χ1v) is 14.7. The molecule has 2 aromatic carbocycles. The zero-order valence-electron chi connectivity index (χ0n) is 22.4. The van der Waals surface area contributed by atoms with Gasteiger partial charge in [0.2, 0.25) is 0 Å². The number of allylic oxidation sites excluding steroid dienone is 1. The van der Waals surface area contributed by atoms with Crippen LogP contribution in [0.15, 0.2) is 60.8 Å². The number of rotatable bonds is 5. The summed E-state index contributed by atoms with van der Waals surface area (Å²) in [5, 5.41) is 10.7. The average Bonchev–Trinajstić information content (AvgIpc) is 3.40. The number of carbonyl (C=O) groups excluding carboxylic acids is 1. The fraction of sp³-hybridized carbons (Fsp3) is 0.545. The van der Waals surface area contributed by atoms with E-state index in [0.717, 1.165) is 24.9 Å². The third kappa shape index (κ3) is 1.97. The van der Waals surface area contributed by atoms with Crippen LogP contribution in [0.25, 0.3) is 0 Å². The summed E-state index contributed by atoms with van der Waals surface area (Å²) < 4.78 is 0. The van der Waals surface area contributed by atoms with E-state index in [4.69, 9.17) is 0 Å². The molecule has 2 bridgehead atoms. The lowest BCUT2D eigenvalue weighted by Crippen LogP contribution is -3.05. The molecule has 9 rings (SSSR count). The van der Waals surface area contributed by atoms with Crippen LogP contribution >= 0.6 is 0 Å². The largest absolute Gasteiger partial charge is 0.508 e. The predicted molar refractivity (Wildman–Crippen MR) is 146 cm³/mol. The zero-order chi connectivity index (χ0) is 25.7. The van der Waals surface area contributed by atoms with Gasteiger partial charge in [-0.15, -0.1) is 0 Å². The maximum absolute atomic E-state index is 13.9. The van der Waals surface area contributed by atoms with E-state index in [2.05, 4.69) is 53.2 Å². The van der Waals surface area contributed by atoms with Gasteiger partial charge in [0, 0.05) is 46.6 Å². The lowest BCUT2D eigenvalue weighted by Gasteiger charge is -3.00. The monoisotopic (exact) mass is 507 g/mol. The summed E-state index contributed by atoms with van der Waals surface area (Å²) in [6.07, 6.45) is 10.5. The minimum atomic E-state index is 0.107. The van der Waals surface area contributed by atoms with Crippen LogP contribution in [0, 0.1) is 28.1 Å². The summed E-state index contributed by atoms with van der Waals surface area (Å²) >= 11 is 0. The van der Waals surface area contributed by atoms with E-state index in [1.54, 1.807) is 0 Å². The van der Waals surface area contributed by atoms with Crippen LogP contribution < -0.4 is 0 Å². The second kappa shape index (κ2) is 6.74. The minimum Gasteiger partial charge on any atom is -0.508 e. The number of piperidine rings is 1. The average molecular weight is 508 g/mol. The Hall–Kier alpha value is -2.63. The normalized spacial score (nSPS) is 43.9. The Bertz CT molecular complexity index is 1420. The third-order valence-corrected chi connectivity index (χ3v) is 12.8. The lowest BCUT2D eigenvalue weighted by molar-refractivity contribution is -0.494. The van der Waals surface area contributed by atoms with Crippen molar-refractivity contribution in [3.05, 3.63) is 77.5 Å². The Morgan fingerprint density at radius 1 is 1.16 bits per heavy atom. The highest BCUT2D eigenvalue weighted by Gasteiger charge is 3.05. The first-order valence-electron chi connectivity index (χ1n) is 14.7. The van der Waals surface area contributed by atoms with Gasteiger partial charge in [0.1, 0.15) is 5.75 Å². The van der Waals surface area contributed by atoms with Gasteiger partial charge in [-0.05, 0) is 112 Å². The number of amides is 1. The number of hydrogen-bond donors (Lipinski definition) is 1. The van der Waals surface area contributed by atoms with Gasteiger partial charge in [0.25, 0.3) is 5.91 Å². The quantitative estimate of drug-likeness (QED) is 0.657. The topological polar surface area (TPSA) is 47.0 Å². The molecule has 1 amide bonds. The van der Waals surface area contributed by atoms with Crippen molar-refractivity contribution in [1.82, 2.24) is 14.7 Å². The second-order valence-corrected chi connectivity index (χ2v) is 13.8. The lowest BCUT2D eigenvalue weighted by atomic mass is 9.06. The molecule has 8 unspecified atom stereocenters. The van der Waals surface area contributed by atoms with Gasteiger partial charge in [-0.1, -0.05) is 30.3 Å². The zero-order valence-corrected chi connectivity index (χ0v) is 22.4. The SMILES string of the molecule is CN(C)CCCN1CC23Cc4ccc(O)cc4C24C2C5CCC26C(C=CN5C(=O)c2ccccc2)CC64C13. The summed E-state index contributed by atoms with van der Waals surface area (Å²) in [5.74, 6) is 1.61. The predicted octanol–water partition coefficient (Wildman–Crippen LogP) is 4.28. The summed E-state index contributed by atoms with van der Waals surface area (Å²) in [6, 6.07) is 17.0. The smallest absolute Gasteiger partial charge is 0.258 e. The number of phenols is 1. The first kappa shape index (κ1) is 22.2. The number of fused-ring (bicyclic) bond motifs is 1. The van der Waals surface area contributed by atoms with Crippen LogP contribution in [-0.4, -0.2) is 71.5 Å². The standard InChI is InChI=1S/C33H37N3O2/c1-34(2)14-6-15-35-20-30-18-22-9-10-24(37)17-25(22)33(30)27-26-11-13-31(27)23(19-32(31,33)29(30)35)12-16-36(26)28(38)21-7-4-3-5-8-21/h3-5,7-10,12,16-17,23,26-27,29,37H,6,11,13-15,18-20H2,1-2H3. The van der Waals surface area contributed by atoms with Crippen molar-refractivity contribution in [3.8, 4) is 5.75 Å². The summed E-state index contributed by atoms with van der Waals surface area (Å²) in [5.41, 5.74) is 4.69. The van der Waals surface area contributed by atoms with Crippen molar-refractivity contribution < 1.29 is 9.90 Å². The van der Waals surface area contributed by atoms with Crippen LogP contribution in [-0.2, 0) is 11.8 Å². The van der Waals surface area contributed by atoms with E-state index in [1.807, 2.05) is 36.4 Å². The Morgan fingerprint density at radius 3 is 2.82 bits per heavy atom. The fourth-order valence-corrected chi connectivity index (χ4v) is 12.4. The molecule has 5 aliphatic carbocycles. The molecule has 8 atom stereocenters. The molecule has 5 heteroatoms. The summed E-state index contributed by atoms with van der Waals surface area (Å²) in [6.45, 7) is 3.50. The van der Waals surface area contributed by atoms with Crippen LogP contribution in [0.4, 0.5) is 0 Å². The van der Waals surface area contributed by atoms with E-state index in [9.17, 15) is 9.90 Å². The van der Waals surface area contributed by atoms with Gasteiger partial charge < -0.3 is 14.9 Å². The molecule has 1 N–H and O–H groups in total. The molecular weight excluding hydrogens is 470 g/mol. The molecule has 196 valence electrons. The van der Waals surface area contributed by atoms with Crippen LogP contribution in [0.3, 0.4) is 0 Å². The van der Waals surface area contributed by atoms with Crippen LogP contribution in [0.5, 0.6) is 5.75 Å². The number of phenolic OH excluding ortho intramolecular Hbond substituents is 1. The van der Waals surface area contributed by atoms with Gasteiger partial charge in [0.05, 0.1) is 0 Å². The highest BCUT2D eigenvalue weighted by molar-refractivity contribution is 5.95. The molecule has 0 radical (unpaired) electrons. The number of likely N-dealkylation sites (tertiary alicyclic amines) is 1. The Kier molecular flexibility index (Phi) is 3.94. The highest BCUT2D eigenvalue weighted by Crippen LogP contribution is 3.02. The first-order chi connectivity index (χ1) is 18.4. The maximum atomic E-state index is 13.9. The summed E-state index contributed by atoms with van der Waals surface area (Å²) in [4.78, 5) is 21.2. The molecule has 38 heavy (non-hydrogen) atoms. The van der Waals surface area contributed by atoms with Gasteiger partial charge in [-0.25, -0.2) is 0 Å². The number of hydrogen-bond acceptors (Lipinski definition) is 4. The molecule has 0 aromatic heterocycles. The van der Waals surface area contributed by atoms with E-state index in [1.165, 1.54) is 43.5 Å². The molecule has 5 fully saturated rings. The number of carbonyl (C=O) groups is 1. The maximum Gasteiger partial charge on any atom is 0.258 e. The molecule has 2 aliphatic heterocycles.